The fraction of sp³-hybridized carbons (Fsp3) is 0.412. The molecule has 0 saturated heterocycles. The zero-order valence-electron chi connectivity index (χ0n) is 12.8. The van der Waals surface area contributed by atoms with E-state index in [0.717, 1.165) is 35.9 Å². The lowest BCUT2D eigenvalue weighted by atomic mass is 10.1. The minimum absolute atomic E-state index is 0.588. The third kappa shape index (κ3) is 3.80. The molecule has 106 valence electrons. The first-order valence-electron chi connectivity index (χ1n) is 7.27. The molecule has 0 aliphatic heterocycles. The Labute approximate surface area is 121 Å². The predicted molar refractivity (Wildman–Crippen MR) is 84.9 cm³/mol. The Morgan fingerprint density at radius 1 is 1.15 bits per heavy atom. The molecule has 0 atom stereocenters. The summed E-state index contributed by atoms with van der Waals surface area (Å²) in [5.74, 6) is 2.31. The molecule has 1 aromatic heterocycles. The molecule has 2 aromatic rings. The summed E-state index contributed by atoms with van der Waals surface area (Å²) in [7, 11) is 0. The SMILES string of the molecule is CCNc1cc(CC(C)C)nc(-c2cccc(C)c2)n1. The topological polar surface area (TPSA) is 37.8 Å². The van der Waals surface area contributed by atoms with Gasteiger partial charge in [0.15, 0.2) is 5.82 Å². The van der Waals surface area contributed by atoms with Gasteiger partial charge in [0.05, 0.1) is 0 Å². The molecular formula is C17H23N3. The van der Waals surface area contributed by atoms with E-state index in [1.165, 1.54) is 5.56 Å². The second-order valence-corrected chi connectivity index (χ2v) is 5.57. The number of aromatic nitrogens is 2. The van der Waals surface area contributed by atoms with Gasteiger partial charge in [-0.3, -0.25) is 0 Å². The summed E-state index contributed by atoms with van der Waals surface area (Å²) >= 11 is 0. The molecule has 0 aliphatic carbocycles. The highest BCUT2D eigenvalue weighted by molar-refractivity contribution is 5.58. The van der Waals surface area contributed by atoms with Crippen molar-refractivity contribution in [2.45, 2.75) is 34.1 Å². The van der Waals surface area contributed by atoms with Crippen LogP contribution < -0.4 is 5.32 Å². The van der Waals surface area contributed by atoms with Crippen LogP contribution in [0.3, 0.4) is 0 Å². The molecule has 0 amide bonds. The molecule has 0 saturated carbocycles. The predicted octanol–water partition coefficient (Wildman–Crippen LogP) is 4.08. The van der Waals surface area contributed by atoms with Crippen LogP contribution in [0.2, 0.25) is 0 Å². The highest BCUT2D eigenvalue weighted by Crippen LogP contribution is 2.20. The highest BCUT2D eigenvalue weighted by Gasteiger charge is 2.08. The largest absolute Gasteiger partial charge is 0.370 e. The van der Waals surface area contributed by atoms with Crippen molar-refractivity contribution in [1.82, 2.24) is 9.97 Å². The molecule has 1 aromatic carbocycles. The van der Waals surface area contributed by atoms with Crippen LogP contribution in [0.1, 0.15) is 32.0 Å². The Morgan fingerprint density at radius 2 is 1.95 bits per heavy atom. The Bertz CT molecular complexity index is 576. The smallest absolute Gasteiger partial charge is 0.161 e. The van der Waals surface area contributed by atoms with E-state index in [2.05, 4.69) is 68.3 Å². The number of anilines is 1. The monoisotopic (exact) mass is 269 g/mol. The van der Waals surface area contributed by atoms with E-state index in [1.54, 1.807) is 0 Å². The minimum atomic E-state index is 0.588. The Hall–Kier alpha value is -1.90. The fourth-order valence-electron chi connectivity index (χ4n) is 2.21. The number of aryl methyl sites for hydroxylation is 1. The van der Waals surface area contributed by atoms with Crippen LogP contribution in [0.4, 0.5) is 5.82 Å². The van der Waals surface area contributed by atoms with Gasteiger partial charge in [-0.2, -0.15) is 0 Å². The van der Waals surface area contributed by atoms with Gasteiger partial charge in [0.1, 0.15) is 5.82 Å². The zero-order chi connectivity index (χ0) is 14.5. The number of benzene rings is 1. The Kier molecular flexibility index (Phi) is 4.72. The van der Waals surface area contributed by atoms with Crippen molar-refractivity contribution in [3.05, 3.63) is 41.6 Å². The molecule has 0 fully saturated rings. The van der Waals surface area contributed by atoms with Crippen molar-refractivity contribution in [1.29, 1.82) is 0 Å². The number of nitrogens with zero attached hydrogens (tertiary/aromatic N) is 2. The summed E-state index contributed by atoms with van der Waals surface area (Å²) < 4.78 is 0. The van der Waals surface area contributed by atoms with E-state index in [4.69, 9.17) is 4.98 Å². The van der Waals surface area contributed by atoms with Crippen LogP contribution in [0.15, 0.2) is 30.3 Å². The zero-order valence-corrected chi connectivity index (χ0v) is 12.8. The summed E-state index contributed by atoms with van der Waals surface area (Å²) in [4.78, 5) is 9.34. The molecule has 3 nitrogen and oxygen atoms in total. The summed E-state index contributed by atoms with van der Waals surface area (Å²) in [6.07, 6.45) is 0.972. The quantitative estimate of drug-likeness (QED) is 0.888. The highest BCUT2D eigenvalue weighted by atomic mass is 15.0. The minimum Gasteiger partial charge on any atom is -0.370 e. The van der Waals surface area contributed by atoms with Crippen molar-refractivity contribution < 1.29 is 0 Å². The normalized spacial score (nSPS) is 10.8. The molecule has 1 N–H and O–H groups in total. The van der Waals surface area contributed by atoms with Gasteiger partial charge in [-0.25, -0.2) is 9.97 Å². The lowest BCUT2D eigenvalue weighted by Crippen LogP contribution is -2.06. The van der Waals surface area contributed by atoms with Gasteiger partial charge < -0.3 is 5.32 Å². The van der Waals surface area contributed by atoms with Gasteiger partial charge in [-0.05, 0) is 32.3 Å². The number of hydrogen-bond donors (Lipinski definition) is 1. The molecule has 3 heteroatoms. The maximum Gasteiger partial charge on any atom is 0.161 e. The first kappa shape index (κ1) is 14.5. The molecule has 0 spiro atoms. The summed E-state index contributed by atoms with van der Waals surface area (Å²) in [6, 6.07) is 10.4. The summed E-state index contributed by atoms with van der Waals surface area (Å²) in [6.45, 7) is 9.46. The maximum atomic E-state index is 4.72. The Morgan fingerprint density at radius 3 is 2.60 bits per heavy atom. The number of hydrogen-bond acceptors (Lipinski definition) is 3. The van der Waals surface area contributed by atoms with Crippen LogP contribution in [-0.2, 0) is 6.42 Å². The lowest BCUT2D eigenvalue weighted by Gasteiger charge is -2.11. The molecule has 2 rings (SSSR count). The molecule has 1 heterocycles. The molecule has 0 bridgehead atoms. The van der Waals surface area contributed by atoms with Gasteiger partial charge >= 0.3 is 0 Å². The standard InChI is InChI=1S/C17H23N3/c1-5-18-16-11-15(9-12(2)3)19-17(20-16)14-8-6-7-13(4)10-14/h6-8,10-12H,5,9H2,1-4H3,(H,18,19,20). The van der Waals surface area contributed by atoms with Crippen molar-refractivity contribution in [3.63, 3.8) is 0 Å². The number of nitrogens with one attached hydrogen (secondary N) is 1. The van der Waals surface area contributed by atoms with Crippen LogP contribution in [-0.4, -0.2) is 16.5 Å². The van der Waals surface area contributed by atoms with Crippen molar-refractivity contribution in [2.24, 2.45) is 5.92 Å². The van der Waals surface area contributed by atoms with E-state index in [0.29, 0.717) is 5.92 Å². The van der Waals surface area contributed by atoms with Gasteiger partial charge in [-0.15, -0.1) is 0 Å². The van der Waals surface area contributed by atoms with Crippen LogP contribution in [0.25, 0.3) is 11.4 Å². The fourth-order valence-corrected chi connectivity index (χ4v) is 2.21. The van der Waals surface area contributed by atoms with E-state index >= 15 is 0 Å². The third-order valence-corrected chi connectivity index (χ3v) is 3.03. The second-order valence-electron chi connectivity index (χ2n) is 5.57. The van der Waals surface area contributed by atoms with Crippen LogP contribution in [0.5, 0.6) is 0 Å². The van der Waals surface area contributed by atoms with Gasteiger partial charge in [0.25, 0.3) is 0 Å². The van der Waals surface area contributed by atoms with E-state index in [9.17, 15) is 0 Å². The first-order valence-corrected chi connectivity index (χ1v) is 7.27. The lowest BCUT2D eigenvalue weighted by molar-refractivity contribution is 0.635. The van der Waals surface area contributed by atoms with Gasteiger partial charge in [0.2, 0.25) is 0 Å². The van der Waals surface area contributed by atoms with Gasteiger partial charge in [-0.1, -0.05) is 37.6 Å². The summed E-state index contributed by atoms with van der Waals surface area (Å²) in [5, 5.41) is 3.29. The molecule has 20 heavy (non-hydrogen) atoms. The molecule has 0 aliphatic rings. The Balaban J connectivity index is 2.43. The first-order chi connectivity index (χ1) is 9.58. The second kappa shape index (κ2) is 6.51. The number of rotatable bonds is 5. The van der Waals surface area contributed by atoms with Gasteiger partial charge in [0, 0.05) is 23.9 Å². The van der Waals surface area contributed by atoms with Crippen LogP contribution in [0, 0.1) is 12.8 Å². The average Bonchev–Trinajstić information content (AvgIpc) is 2.38. The van der Waals surface area contributed by atoms with E-state index in [-0.39, 0.29) is 0 Å². The molecule has 0 radical (unpaired) electrons. The van der Waals surface area contributed by atoms with Crippen LogP contribution >= 0.6 is 0 Å². The molecule has 0 unspecified atom stereocenters. The van der Waals surface area contributed by atoms with Crippen molar-refractivity contribution in [2.75, 3.05) is 11.9 Å². The van der Waals surface area contributed by atoms with Crippen molar-refractivity contribution >= 4 is 5.82 Å². The van der Waals surface area contributed by atoms with E-state index < -0.39 is 0 Å². The maximum absolute atomic E-state index is 4.72. The third-order valence-electron chi connectivity index (χ3n) is 3.03. The van der Waals surface area contributed by atoms with E-state index in [1.807, 2.05) is 0 Å². The van der Waals surface area contributed by atoms with Crippen molar-refractivity contribution in [3.8, 4) is 11.4 Å². The average molecular weight is 269 g/mol. The molecular weight excluding hydrogens is 246 g/mol. The summed E-state index contributed by atoms with van der Waals surface area (Å²) in [5.41, 5.74) is 3.41.